The molecule has 0 spiro atoms. The summed E-state index contributed by atoms with van der Waals surface area (Å²) in [7, 11) is 0. The lowest BCUT2D eigenvalue weighted by Crippen LogP contribution is -1.93. The van der Waals surface area contributed by atoms with E-state index in [2.05, 4.69) is 0 Å². The van der Waals surface area contributed by atoms with Crippen molar-refractivity contribution in [3.05, 3.63) is 33.7 Å². The molecule has 0 fully saturated rings. The van der Waals surface area contributed by atoms with Crippen LogP contribution >= 0.6 is 22.9 Å². The van der Waals surface area contributed by atoms with Crippen LogP contribution in [0.3, 0.4) is 0 Å². The smallest absolute Gasteiger partial charge is 0.150 e. The number of fused-ring (bicyclic) bond motifs is 1. The molecule has 2 nitrogen and oxygen atoms in total. The van der Waals surface area contributed by atoms with E-state index in [4.69, 9.17) is 16.7 Å². The average Bonchev–Trinajstić information content (AvgIpc) is 2.65. The van der Waals surface area contributed by atoms with E-state index in [1.54, 1.807) is 6.07 Å². The number of aliphatic hydroxyl groups is 1. The highest BCUT2D eigenvalue weighted by molar-refractivity contribution is 7.17. The van der Waals surface area contributed by atoms with Gasteiger partial charge in [-0.3, -0.25) is 4.79 Å². The summed E-state index contributed by atoms with van der Waals surface area (Å²) in [6.45, 7) is -0.208. The quantitative estimate of drug-likeness (QED) is 0.800. The molecule has 1 N–H and O–H groups in total. The van der Waals surface area contributed by atoms with E-state index >= 15 is 0 Å². The second-order valence-corrected chi connectivity index (χ2v) is 4.17. The first kappa shape index (κ1) is 9.65. The fourth-order valence-corrected chi connectivity index (χ4v) is 2.65. The molecule has 72 valence electrons. The van der Waals surface area contributed by atoms with Crippen LogP contribution in [-0.2, 0) is 6.61 Å². The van der Waals surface area contributed by atoms with E-state index in [9.17, 15) is 4.79 Å². The predicted molar refractivity (Wildman–Crippen MR) is 58.1 cm³/mol. The molecule has 1 aromatic carbocycles. The first-order valence-electron chi connectivity index (χ1n) is 4.02. The Morgan fingerprint density at radius 2 is 2.36 bits per heavy atom. The summed E-state index contributed by atoms with van der Waals surface area (Å²) in [5.41, 5.74) is 0.972. The highest BCUT2D eigenvalue weighted by Gasteiger charge is 2.11. The van der Waals surface area contributed by atoms with Gasteiger partial charge in [-0.25, -0.2) is 0 Å². The van der Waals surface area contributed by atoms with Gasteiger partial charge in [-0.05, 0) is 22.9 Å². The Bertz CT molecular complexity index is 490. The summed E-state index contributed by atoms with van der Waals surface area (Å²) in [6, 6.07) is 3.65. The van der Waals surface area contributed by atoms with Gasteiger partial charge in [0.05, 0.1) is 16.3 Å². The average molecular weight is 227 g/mol. The van der Waals surface area contributed by atoms with Crippen LogP contribution in [0.15, 0.2) is 17.5 Å². The van der Waals surface area contributed by atoms with Crippen LogP contribution in [0.5, 0.6) is 0 Å². The fraction of sp³-hybridized carbons (Fsp3) is 0.100. The molecule has 2 rings (SSSR count). The molecule has 1 heterocycles. The third-order valence-electron chi connectivity index (χ3n) is 2.10. The lowest BCUT2D eigenvalue weighted by molar-refractivity contribution is 0.112. The molecule has 0 saturated carbocycles. The van der Waals surface area contributed by atoms with E-state index in [0.29, 0.717) is 22.4 Å². The van der Waals surface area contributed by atoms with Crippen LogP contribution in [0.1, 0.15) is 15.9 Å². The third kappa shape index (κ3) is 1.34. The second-order valence-electron chi connectivity index (χ2n) is 2.87. The van der Waals surface area contributed by atoms with Crippen molar-refractivity contribution >= 4 is 39.3 Å². The number of thiophene rings is 1. The maximum atomic E-state index is 10.7. The summed E-state index contributed by atoms with van der Waals surface area (Å²) in [5, 5.41) is 12.4. The summed E-state index contributed by atoms with van der Waals surface area (Å²) in [5.74, 6) is 0. The standard InChI is InChI=1S/C10H7ClO2S/c11-9-8(5-13)7(4-12)3-6-1-2-14-10(6)9/h1-4,13H,5H2. The number of hydrogen-bond donors (Lipinski definition) is 1. The Balaban J connectivity index is 2.85. The molecular weight excluding hydrogens is 220 g/mol. The van der Waals surface area contributed by atoms with E-state index in [-0.39, 0.29) is 6.61 Å². The Kier molecular flexibility index (Phi) is 2.54. The molecule has 0 atom stereocenters. The lowest BCUT2D eigenvalue weighted by Gasteiger charge is -2.04. The van der Waals surface area contributed by atoms with Gasteiger partial charge in [0.25, 0.3) is 0 Å². The molecule has 2 aromatic rings. The lowest BCUT2D eigenvalue weighted by atomic mass is 10.1. The van der Waals surface area contributed by atoms with Crippen molar-refractivity contribution < 1.29 is 9.90 Å². The van der Waals surface area contributed by atoms with E-state index < -0.39 is 0 Å². The number of carbonyl (C=O) groups is 1. The maximum Gasteiger partial charge on any atom is 0.150 e. The third-order valence-corrected chi connectivity index (χ3v) is 3.58. The highest BCUT2D eigenvalue weighted by Crippen LogP contribution is 2.33. The zero-order chi connectivity index (χ0) is 10.1. The number of benzene rings is 1. The van der Waals surface area contributed by atoms with E-state index in [0.717, 1.165) is 10.1 Å². The van der Waals surface area contributed by atoms with Gasteiger partial charge < -0.3 is 5.11 Å². The molecule has 0 aliphatic carbocycles. The zero-order valence-corrected chi connectivity index (χ0v) is 8.73. The maximum absolute atomic E-state index is 10.7. The molecule has 1 aromatic heterocycles. The topological polar surface area (TPSA) is 37.3 Å². The van der Waals surface area contributed by atoms with Crippen LogP contribution < -0.4 is 0 Å². The number of hydrogen-bond acceptors (Lipinski definition) is 3. The summed E-state index contributed by atoms with van der Waals surface area (Å²) in [4.78, 5) is 10.7. The van der Waals surface area contributed by atoms with Gasteiger partial charge in [-0.15, -0.1) is 11.3 Å². The molecule has 0 unspecified atom stereocenters. The van der Waals surface area contributed by atoms with Crippen LogP contribution in [0, 0.1) is 0 Å². The monoisotopic (exact) mass is 226 g/mol. The Morgan fingerprint density at radius 1 is 1.57 bits per heavy atom. The Morgan fingerprint density at radius 3 is 3.00 bits per heavy atom. The van der Waals surface area contributed by atoms with Crippen molar-refractivity contribution in [3.8, 4) is 0 Å². The molecule has 0 aliphatic rings. The first-order valence-corrected chi connectivity index (χ1v) is 5.28. The molecule has 4 heteroatoms. The summed E-state index contributed by atoms with van der Waals surface area (Å²) >= 11 is 7.56. The van der Waals surface area contributed by atoms with Crippen LogP contribution in [0.2, 0.25) is 5.02 Å². The summed E-state index contributed by atoms with van der Waals surface area (Å²) in [6.07, 6.45) is 0.717. The van der Waals surface area contributed by atoms with Crippen molar-refractivity contribution in [1.82, 2.24) is 0 Å². The first-order chi connectivity index (χ1) is 6.77. The van der Waals surface area contributed by atoms with Gasteiger partial charge in [-0.1, -0.05) is 11.6 Å². The largest absolute Gasteiger partial charge is 0.392 e. The highest BCUT2D eigenvalue weighted by atomic mass is 35.5. The van der Waals surface area contributed by atoms with Gasteiger partial charge in [0.2, 0.25) is 0 Å². The van der Waals surface area contributed by atoms with E-state index in [1.165, 1.54) is 11.3 Å². The van der Waals surface area contributed by atoms with Gasteiger partial charge in [-0.2, -0.15) is 0 Å². The Labute approximate surface area is 89.7 Å². The minimum absolute atomic E-state index is 0.208. The van der Waals surface area contributed by atoms with Crippen LogP contribution in [-0.4, -0.2) is 11.4 Å². The van der Waals surface area contributed by atoms with Crippen LogP contribution in [0.4, 0.5) is 0 Å². The van der Waals surface area contributed by atoms with Gasteiger partial charge in [0.15, 0.2) is 0 Å². The van der Waals surface area contributed by atoms with Gasteiger partial charge >= 0.3 is 0 Å². The van der Waals surface area contributed by atoms with Crippen LogP contribution in [0.25, 0.3) is 10.1 Å². The SMILES string of the molecule is O=Cc1cc2ccsc2c(Cl)c1CO. The van der Waals surface area contributed by atoms with Crippen molar-refractivity contribution in [1.29, 1.82) is 0 Å². The van der Waals surface area contributed by atoms with Gasteiger partial charge in [0, 0.05) is 11.1 Å². The van der Waals surface area contributed by atoms with Crippen molar-refractivity contribution in [3.63, 3.8) is 0 Å². The molecule has 14 heavy (non-hydrogen) atoms. The number of aliphatic hydroxyl groups excluding tert-OH is 1. The predicted octanol–water partition coefficient (Wildman–Crippen LogP) is 2.86. The Hall–Kier alpha value is -0.900. The van der Waals surface area contributed by atoms with Crippen molar-refractivity contribution in [2.75, 3.05) is 0 Å². The zero-order valence-electron chi connectivity index (χ0n) is 7.16. The summed E-state index contributed by atoms with van der Waals surface area (Å²) < 4.78 is 0.918. The van der Waals surface area contributed by atoms with E-state index in [1.807, 2.05) is 11.4 Å². The minimum atomic E-state index is -0.208. The minimum Gasteiger partial charge on any atom is -0.392 e. The fourth-order valence-electron chi connectivity index (χ4n) is 1.40. The van der Waals surface area contributed by atoms with Crippen molar-refractivity contribution in [2.45, 2.75) is 6.61 Å². The molecule has 0 amide bonds. The van der Waals surface area contributed by atoms with Gasteiger partial charge in [0.1, 0.15) is 6.29 Å². The molecule has 0 saturated heterocycles. The number of aldehydes is 1. The number of carbonyl (C=O) groups excluding carboxylic acids is 1. The number of halogens is 1. The normalized spacial score (nSPS) is 10.7. The molecular formula is C10H7ClO2S. The molecule has 0 bridgehead atoms. The second kappa shape index (κ2) is 3.69. The molecule has 0 radical (unpaired) electrons. The molecule has 0 aliphatic heterocycles. The van der Waals surface area contributed by atoms with Crippen molar-refractivity contribution in [2.24, 2.45) is 0 Å². The number of rotatable bonds is 2.